The van der Waals surface area contributed by atoms with Crippen LogP contribution < -0.4 is 4.84 Å². The molecule has 0 saturated heterocycles. The fourth-order valence-electron chi connectivity index (χ4n) is 2.31. The zero-order valence-corrected chi connectivity index (χ0v) is 15.3. The first-order valence-electron chi connectivity index (χ1n) is 7.97. The summed E-state index contributed by atoms with van der Waals surface area (Å²) in [6.07, 6.45) is 0.594. The van der Waals surface area contributed by atoms with Crippen molar-refractivity contribution in [2.45, 2.75) is 11.3 Å². The standard InChI is InChI=1S/C17H19N5O3S/c1-21(2)26(23,24)16-10-8-14(9-11-16)12-13-25-22-17(18-19-20-22)15-6-4-3-5-7-15/h3-11H,12-13H2,1-2H3. The molecule has 3 aromatic rings. The van der Waals surface area contributed by atoms with E-state index in [1.165, 1.54) is 23.2 Å². The third-order valence-electron chi connectivity index (χ3n) is 3.78. The SMILES string of the molecule is CN(C)S(=O)(=O)c1ccc(CCOn2nnnc2-c2ccccc2)cc1. The van der Waals surface area contributed by atoms with E-state index in [1.54, 1.807) is 24.3 Å². The average Bonchev–Trinajstić information content (AvgIpc) is 3.11. The van der Waals surface area contributed by atoms with E-state index in [1.807, 2.05) is 30.3 Å². The van der Waals surface area contributed by atoms with Gasteiger partial charge in [-0.15, -0.1) is 5.10 Å². The first-order valence-corrected chi connectivity index (χ1v) is 9.41. The van der Waals surface area contributed by atoms with Crippen molar-refractivity contribution < 1.29 is 13.3 Å². The van der Waals surface area contributed by atoms with E-state index in [2.05, 4.69) is 15.5 Å². The van der Waals surface area contributed by atoms with Crippen molar-refractivity contribution in [3.63, 3.8) is 0 Å². The molecule has 0 radical (unpaired) electrons. The van der Waals surface area contributed by atoms with Gasteiger partial charge < -0.3 is 4.84 Å². The van der Waals surface area contributed by atoms with Crippen LogP contribution >= 0.6 is 0 Å². The maximum atomic E-state index is 12.1. The molecule has 1 heterocycles. The van der Waals surface area contributed by atoms with Gasteiger partial charge in [0.2, 0.25) is 15.8 Å². The molecule has 1 aromatic heterocycles. The van der Waals surface area contributed by atoms with Gasteiger partial charge in [-0.1, -0.05) is 47.3 Å². The predicted molar refractivity (Wildman–Crippen MR) is 95.7 cm³/mol. The molecule has 26 heavy (non-hydrogen) atoms. The van der Waals surface area contributed by atoms with Crippen LogP contribution in [0.15, 0.2) is 59.5 Å². The van der Waals surface area contributed by atoms with Crippen LogP contribution in [-0.2, 0) is 16.4 Å². The summed E-state index contributed by atoms with van der Waals surface area (Å²) in [6.45, 7) is 0.352. The highest BCUT2D eigenvalue weighted by Gasteiger charge is 2.16. The number of tetrazole rings is 1. The van der Waals surface area contributed by atoms with Crippen LogP contribution in [0, 0.1) is 0 Å². The minimum atomic E-state index is -3.41. The van der Waals surface area contributed by atoms with Crippen molar-refractivity contribution in [3.05, 3.63) is 60.2 Å². The maximum Gasteiger partial charge on any atom is 0.242 e. The summed E-state index contributed by atoms with van der Waals surface area (Å²) in [7, 11) is -0.399. The Bertz CT molecular complexity index is 954. The molecule has 3 rings (SSSR count). The highest BCUT2D eigenvalue weighted by atomic mass is 32.2. The van der Waals surface area contributed by atoms with E-state index in [9.17, 15) is 8.42 Å². The first-order chi connectivity index (χ1) is 12.5. The van der Waals surface area contributed by atoms with E-state index < -0.39 is 10.0 Å². The minimum absolute atomic E-state index is 0.263. The maximum absolute atomic E-state index is 12.1. The van der Waals surface area contributed by atoms with Crippen LogP contribution in [0.2, 0.25) is 0 Å². The second kappa shape index (κ2) is 7.63. The summed E-state index contributed by atoms with van der Waals surface area (Å²) in [6, 6.07) is 16.3. The Balaban J connectivity index is 1.62. The summed E-state index contributed by atoms with van der Waals surface area (Å²) in [5, 5.41) is 11.5. The van der Waals surface area contributed by atoms with E-state index in [-0.39, 0.29) is 4.90 Å². The number of rotatable bonds is 7. The zero-order valence-electron chi connectivity index (χ0n) is 14.5. The van der Waals surface area contributed by atoms with Crippen molar-refractivity contribution >= 4 is 10.0 Å². The van der Waals surface area contributed by atoms with Gasteiger partial charge in [-0.3, -0.25) is 0 Å². The number of hydrogen-bond donors (Lipinski definition) is 0. The number of sulfonamides is 1. The smallest absolute Gasteiger partial charge is 0.242 e. The van der Waals surface area contributed by atoms with Gasteiger partial charge in [0.05, 0.1) is 4.90 Å². The Morgan fingerprint density at radius 1 is 1.04 bits per heavy atom. The van der Waals surface area contributed by atoms with Crippen LogP contribution in [-0.4, -0.2) is 53.8 Å². The van der Waals surface area contributed by atoms with Gasteiger partial charge >= 0.3 is 0 Å². The molecule has 0 unspecified atom stereocenters. The minimum Gasteiger partial charge on any atom is -0.393 e. The van der Waals surface area contributed by atoms with Crippen LogP contribution in [0.1, 0.15) is 5.56 Å². The largest absolute Gasteiger partial charge is 0.393 e. The summed E-state index contributed by atoms with van der Waals surface area (Å²) in [5.41, 5.74) is 1.81. The molecule has 0 aliphatic heterocycles. The molecule has 0 spiro atoms. The lowest BCUT2D eigenvalue weighted by Crippen LogP contribution is -2.22. The van der Waals surface area contributed by atoms with E-state index in [4.69, 9.17) is 4.84 Å². The lowest BCUT2D eigenvalue weighted by atomic mass is 10.2. The molecule has 0 amide bonds. The van der Waals surface area contributed by atoms with Gasteiger partial charge in [-0.2, -0.15) is 0 Å². The van der Waals surface area contributed by atoms with Crippen molar-refractivity contribution in [3.8, 4) is 11.4 Å². The van der Waals surface area contributed by atoms with Crippen molar-refractivity contribution in [1.82, 2.24) is 24.7 Å². The molecular formula is C17H19N5O3S. The monoisotopic (exact) mass is 373 g/mol. The predicted octanol–water partition coefficient (Wildman–Crippen LogP) is 1.26. The Morgan fingerprint density at radius 2 is 1.73 bits per heavy atom. The highest BCUT2D eigenvalue weighted by Crippen LogP contribution is 2.15. The molecule has 9 heteroatoms. The highest BCUT2D eigenvalue weighted by molar-refractivity contribution is 7.89. The van der Waals surface area contributed by atoms with Crippen LogP contribution in [0.3, 0.4) is 0 Å². The summed E-state index contributed by atoms with van der Waals surface area (Å²) < 4.78 is 25.3. The van der Waals surface area contributed by atoms with Gasteiger partial charge in [-0.05, 0) is 28.1 Å². The molecule has 136 valence electrons. The molecule has 0 bridgehead atoms. The zero-order chi connectivity index (χ0) is 18.6. The first kappa shape index (κ1) is 18.0. The van der Waals surface area contributed by atoms with Gasteiger partial charge in [-0.25, -0.2) is 12.7 Å². The van der Waals surface area contributed by atoms with E-state index in [0.29, 0.717) is 18.9 Å². The summed E-state index contributed by atoms with van der Waals surface area (Å²) in [5.74, 6) is 0.526. The Morgan fingerprint density at radius 3 is 2.38 bits per heavy atom. The molecule has 2 aromatic carbocycles. The van der Waals surface area contributed by atoms with Gasteiger partial charge in [0.1, 0.15) is 6.61 Å². The van der Waals surface area contributed by atoms with Crippen molar-refractivity contribution in [2.24, 2.45) is 0 Å². The van der Waals surface area contributed by atoms with E-state index in [0.717, 1.165) is 11.1 Å². The average molecular weight is 373 g/mol. The molecule has 0 aliphatic rings. The topological polar surface area (TPSA) is 90.2 Å². The number of aromatic nitrogens is 4. The number of nitrogens with zero attached hydrogens (tertiary/aromatic N) is 5. The van der Waals surface area contributed by atoms with Crippen LogP contribution in [0.4, 0.5) is 0 Å². The fraction of sp³-hybridized carbons (Fsp3) is 0.235. The fourth-order valence-corrected chi connectivity index (χ4v) is 3.21. The molecule has 0 atom stereocenters. The Labute approximate surface area is 152 Å². The van der Waals surface area contributed by atoms with Gasteiger partial charge in [0.15, 0.2) is 0 Å². The lowest BCUT2D eigenvalue weighted by molar-refractivity contribution is 0.0840. The third-order valence-corrected chi connectivity index (χ3v) is 5.61. The Hall–Kier alpha value is -2.78. The van der Waals surface area contributed by atoms with Crippen LogP contribution in [0.25, 0.3) is 11.4 Å². The van der Waals surface area contributed by atoms with Crippen molar-refractivity contribution in [1.29, 1.82) is 0 Å². The Kier molecular flexibility index (Phi) is 5.29. The lowest BCUT2D eigenvalue weighted by Gasteiger charge is -2.11. The third kappa shape index (κ3) is 3.89. The van der Waals surface area contributed by atoms with Gasteiger partial charge in [0, 0.05) is 26.1 Å². The summed E-state index contributed by atoms with van der Waals surface area (Å²) in [4.78, 5) is 7.18. The second-order valence-corrected chi connectivity index (χ2v) is 7.91. The van der Waals surface area contributed by atoms with Crippen molar-refractivity contribution in [2.75, 3.05) is 20.7 Å². The van der Waals surface area contributed by atoms with Gasteiger partial charge in [0.25, 0.3) is 0 Å². The molecule has 0 saturated carbocycles. The quantitative estimate of drug-likeness (QED) is 0.619. The van der Waals surface area contributed by atoms with E-state index >= 15 is 0 Å². The molecule has 0 aliphatic carbocycles. The molecule has 0 N–H and O–H groups in total. The molecule has 0 fully saturated rings. The normalized spacial score (nSPS) is 11.7. The molecule has 8 nitrogen and oxygen atoms in total. The van der Waals surface area contributed by atoms with Crippen LogP contribution in [0.5, 0.6) is 0 Å². The number of benzene rings is 2. The number of hydrogen-bond acceptors (Lipinski definition) is 6. The summed E-state index contributed by atoms with van der Waals surface area (Å²) >= 11 is 0. The molecular weight excluding hydrogens is 354 g/mol. The second-order valence-electron chi connectivity index (χ2n) is 5.76.